The Labute approximate surface area is 230 Å². The second-order valence-electron chi connectivity index (χ2n) is 9.52. The molecule has 0 aromatic heterocycles. The molecule has 3 rings (SSSR count). The molecule has 0 radical (unpaired) electrons. The van der Waals surface area contributed by atoms with E-state index in [0.29, 0.717) is 11.5 Å². The number of nitrogens with one attached hydrogen (secondary N) is 2. The molecule has 0 saturated carbocycles. The molecule has 0 bridgehead atoms. The maximum atomic E-state index is 12.9. The summed E-state index contributed by atoms with van der Waals surface area (Å²) in [5.41, 5.74) is 0.596. The number of unbranched alkanes of at least 4 members (excludes halogenated alkanes) is 7. The molecule has 0 spiro atoms. The van der Waals surface area contributed by atoms with Crippen LogP contribution in [-0.4, -0.2) is 50.0 Å². The highest BCUT2D eigenvalue weighted by Gasteiger charge is 2.43. The number of aliphatic carboxylic acids is 1. The summed E-state index contributed by atoms with van der Waals surface area (Å²) in [7, 11) is -4.05. The summed E-state index contributed by atoms with van der Waals surface area (Å²) in [6.07, 6.45) is 10.6. The molecule has 39 heavy (non-hydrogen) atoms. The van der Waals surface area contributed by atoms with Gasteiger partial charge < -0.3 is 19.8 Å². The van der Waals surface area contributed by atoms with Gasteiger partial charge in [0, 0.05) is 32.6 Å². The predicted octanol–water partition coefficient (Wildman–Crippen LogP) is 5.64. The standard InChI is InChI=1S/C18H18FNO6S.C10H23NO/c19-13-1-3-14(4-2-13)26-15-5-7-16(8-6-15)27(23,24)20-18(17(21)22)9-11-25-12-10-18;1-2-3-4-5-6-7-8-9-10-11-12/h1-8,20H,9-12H2,(H,21,22);11-12H,2-10H2,1H3. The lowest BCUT2D eigenvalue weighted by molar-refractivity contribution is -0.147. The third-order valence-corrected chi connectivity index (χ3v) is 7.96. The highest BCUT2D eigenvalue weighted by atomic mass is 32.2. The lowest BCUT2D eigenvalue weighted by Crippen LogP contribution is -2.57. The van der Waals surface area contributed by atoms with Crippen molar-refractivity contribution in [1.29, 1.82) is 0 Å². The van der Waals surface area contributed by atoms with E-state index in [2.05, 4.69) is 17.1 Å². The number of carboxylic acid groups (broad SMARTS) is 1. The van der Waals surface area contributed by atoms with Gasteiger partial charge in [0.1, 0.15) is 22.9 Å². The number of benzene rings is 2. The summed E-state index contributed by atoms with van der Waals surface area (Å²) in [6.45, 7) is 3.32. The normalized spacial score (nSPS) is 14.7. The van der Waals surface area contributed by atoms with Gasteiger partial charge in [-0.3, -0.25) is 4.79 Å². The Bertz CT molecular complexity index is 1060. The number of hydrogen-bond acceptors (Lipinski definition) is 7. The van der Waals surface area contributed by atoms with Gasteiger partial charge in [0.25, 0.3) is 0 Å². The van der Waals surface area contributed by atoms with Gasteiger partial charge in [-0.05, 0) is 55.0 Å². The van der Waals surface area contributed by atoms with Crippen LogP contribution in [0.2, 0.25) is 0 Å². The maximum absolute atomic E-state index is 12.9. The summed E-state index contributed by atoms with van der Waals surface area (Å²) < 4.78 is 51.1. The Morgan fingerprint density at radius 3 is 1.95 bits per heavy atom. The van der Waals surface area contributed by atoms with Crippen LogP contribution in [0, 0.1) is 5.82 Å². The van der Waals surface area contributed by atoms with Crippen molar-refractivity contribution in [1.82, 2.24) is 10.2 Å². The van der Waals surface area contributed by atoms with E-state index in [0.717, 1.165) is 13.0 Å². The van der Waals surface area contributed by atoms with Crippen molar-refractivity contribution in [3.05, 3.63) is 54.3 Å². The van der Waals surface area contributed by atoms with Crippen LogP contribution in [0.5, 0.6) is 11.5 Å². The second kappa shape index (κ2) is 17.2. The number of hydrogen-bond donors (Lipinski definition) is 4. The molecule has 4 N–H and O–H groups in total. The van der Waals surface area contributed by atoms with Gasteiger partial charge in [0.2, 0.25) is 10.0 Å². The van der Waals surface area contributed by atoms with Crippen LogP contribution in [0.25, 0.3) is 0 Å². The number of rotatable bonds is 15. The summed E-state index contributed by atoms with van der Waals surface area (Å²) in [5.74, 6) is -0.863. The van der Waals surface area contributed by atoms with E-state index in [-0.39, 0.29) is 31.0 Å². The van der Waals surface area contributed by atoms with E-state index in [1.165, 1.54) is 93.5 Å². The molecule has 0 unspecified atom stereocenters. The number of ether oxygens (including phenoxy) is 2. The lowest BCUT2D eigenvalue weighted by atomic mass is 9.92. The molecule has 1 aliphatic heterocycles. The zero-order valence-electron chi connectivity index (χ0n) is 22.5. The molecule has 0 aliphatic carbocycles. The van der Waals surface area contributed by atoms with Gasteiger partial charge >= 0.3 is 5.97 Å². The minimum Gasteiger partial charge on any atom is -0.480 e. The van der Waals surface area contributed by atoms with Crippen LogP contribution in [0.1, 0.15) is 71.1 Å². The zero-order valence-corrected chi connectivity index (χ0v) is 23.3. The molecule has 1 fully saturated rings. The predicted molar refractivity (Wildman–Crippen MR) is 146 cm³/mol. The van der Waals surface area contributed by atoms with Crippen LogP contribution in [0.3, 0.4) is 0 Å². The van der Waals surface area contributed by atoms with E-state index in [1.807, 2.05) is 0 Å². The number of carbonyl (C=O) groups is 1. The quantitative estimate of drug-likeness (QED) is 0.160. The van der Waals surface area contributed by atoms with Gasteiger partial charge in [-0.15, -0.1) is 0 Å². The molecule has 0 amide bonds. The first-order valence-electron chi connectivity index (χ1n) is 13.5. The smallest absolute Gasteiger partial charge is 0.325 e. The second-order valence-corrected chi connectivity index (χ2v) is 11.2. The van der Waals surface area contributed by atoms with Crippen molar-refractivity contribution in [2.75, 3.05) is 19.8 Å². The van der Waals surface area contributed by atoms with E-state index in [9.17, 15) is 22.7 Å². The molecule has 2 aromatic carbocycles. The first-order valence-corrected chi connectivity index (χ1v) is 15.0. The average Bonchev–Trinajstić information content (AvgIpc) is 2.92. The molecular formula is C28H41FN2O7S. The van der Waals surface area contributed by atoms with Gasteiger partial charge in [-0.1, -0.05) is 51.9 Å². The fourth-order valence-corrected chi connectivity index (χ4v) is 5.48. The molecule has 1 saturated heterocycles. The summed E-state index contributed by atoms with van der Waals surface area (Å²) in [4.78, 5) is 11.6. The first kappa shape index (κ1) is 32.6. The maximum Gasteiger partial charge on any atom is 0.325 e. The molecule has 2 aromatic rings. The van der Waals surface area contributed by atoms with Gasteiger partial charge in [0.05, 0.1) is 4.90 Å². The van der Waals surface area contributed by atoms with Crippen molar-refractivity contribution >= 4 is 16.0 Å². The van der Waals surface area contributed by atoms with E-state index in [4.69, 9.17) is 14.7 Å². The average molecular weight is 569 g/mol. The SMILES string of the molecule is CCCCCCCCCCNO.O=C(O)C1(NS(=O)(=O)c2ccc(Oc3ccc(F)cc3)cc2)CCOCC1. The van der Waals surface area contributed by atoms with Crippen molar-refractivity contribution in [2.45, 2.75) is 81.6 Å². The largest absolute Gasteiger partial charge is 0.480 e. The molecule has 218 valence electrons. The van der Waals surface area contributed by atoms with Crippen LogP contribution in [-0.2, 0) is 19.6 Å². The van der Waals surface area contributed by atoms with Crippen LogP contribution in [0.4, 0.5) is 4.39 Å². The number of carboxylic acids is 1. The van der Waals surface area contributed by atoms with E-state index < -0.39 is 27.3 Å². The van der Waals surface area contributed by atoms with Crippen molar-refractivity contribution in [3.8, 4) is 11.5 Å². The van der Waals surface area contributed by atoms with Gasteiger partial charge in [0.15, 0.2) is 0 Å². The van der Waals surface area contributed by atoms with E-state index >= 15 is 0 Å². The zero-order chi connectivity index (χ0) is 28.6. The fraction of sp³-hybridized carbons (Fsp3) is 0.536. The Morgan fingerprint density at radius 1 is 0.923 bits per heavy atom. The Balaban J connectivity index is 0.000000377. The Kier molecular flexibility index (Phi) is 14.4. The molecule has 0 atom stereocenters. The molecule has 11 heteroatoms. The summed E-state index contributed by atoms with van der Waals surface area (Å²) in [5, 5.41) is 17.8. The first-order chi connectivity index (χ1) is 18.7. The lowest BCUT2D eigenvalue weighted by Gasteiger charge is -2.33. The molecule has 1 aliphatic rings. The number of halogens is 1. The number of hydroxylamine groups is 1. The molecule has 1 heterocycles. The minimum absolute atomic E-state index is 0.0489. The Morgan fingerprint density at radius 2 is 1.44 bits per heavy atom. The van der Waals surface area contributed by atoms with Gasteiger partial charge in [-0.25, -0.2) is 18.3 Å². The van der Waals surface area contributed by atoms with Crippen LogP contribution in [0.15, 0.2) is 53.4 Å². The van der Waals surface area contributed by atoms with Crippen molar-refractivity contribution in [3.63, 3.8) is 0 Å². The molecular weight excluding hydrogens is 527 g/mol. The summed E-state index contributed by atoms with van der Waals surface area (Å²) in [6, 6.07) is 10.9. The van der Waals surface area contributed by atoms with Crippen molar-refractivity contribution < 1.29 is 37.4 Å². The van der Waals surface area contributed by atoms with Gasteiger partial charge in [-0.2, -0.15) is 4.72 Å². The highest BCUT2D eigenvalue weighted by molar-refractivity contribution is 7.89. The third kappa shape index (κ3) is 11.6. The topological polar surface area (TPSA) is 134 Å². The Hall–Kier alpha value is -2.57. The highest BCUT2D eigenvalue weighted by Crippen LogP contribution is 2.26. The van der Waals surface area contributed by atoms with Crippen LogP contribution >= 0.6 is 0 Å². The summed E-state index contributed by atoms with van der Waals surface area (Å²) >= 11 is 0. The van der Waals surface area contributed by atoms with Crippen molar-refractivity contribution in [2.24, 2.45) is 0 Å². The molecule has 9 nitrogen and oxygen atoms in total. The minimum atomic E-state index is -4.05. The third-order valence-electron chi connectivity index (χ3n) is 6.41. The van der Waals surface area contributed by atoms with E-state index in [1.54, 1.807) is 0 Å². The monoisotopic (exact) mass is 568 g/mol. The number of sulfonamides is 1. The van der Waals surface area contributed by atoms with Crippen LogP contribution < -0.4 is 14.9 Å². The fourth-order valence-electron chi connectivity index (χ4n) is 4.06.